The van der Waals surface area contributed by atoms with Crippen molar-refractivity contribution in [2.75, 3.05) is 0 Å². The molecule has 0 spiro atoms. The SMILES string of the molecule is O=C1NC(=O)c2c1ccc(C1CCCCC1)c2C1CCCCC1. The van der Waals surface area contributed by atoms with E-state index < -0.39 is 0 Å². The van der Waals surface area contributed by atoms with Gasteiger partial charge in [-0.3, -0.25) is 14.9 Å². The second-order valence-corrected chi connectivity index (χ2v) is 7.44. The molecule has 0 unspecified atom stereocenters. The molecule has 1 N–H and O–H groups in total. The van der Waals surface area contributed by atoms with Crippen molar-refractivity contribution < 1.29 is 9.59 Å². The highest BCUT2D eigenvalue weighted by Gasteiger charge is 2.35. The molecule has 2 amide bonds. The van der Waals surface area contributed by atoms with E-state index in [1.165, 1.54) is 62.5 Å². The number of hydrogen-bond acceptors (Lipinski definition) is 2. The number of fused-ring (bicyclic) bond motifs is 1. The second kappa shape index (κ2) is 6.10. The van der Waals surface area contributed by atoms with E-state index in [1.54, 1.807) is 0 Å². The van der Waals surface area contributed by atoms with Gasteiger partial charge in [-0.15, -0.1) is 0 Å². The van der Waals surface area contributed by atoms with E-state index >= 15 is 0 Å². The third-order valence-corrected chi connectivity index (χ3v) is 6.04. The van der Waals surface area contributed by atoms with Crippen molar-refractivity contribution in [1.82, 2.24) is 5.32 Å². The van der Waals surface area contributed by atoms with Gasteiger partial charge in [0.15, 0.2) is 0 Å². The number of imide groups is 1. The molecule has 3 nitrogen and oxygen atoms in total. The Labute approximate surface area is 137 Å². The van der Waals surface area contributed by atoms with Crippen molar-refractivity contribution in [3.05, 3.63) is 34.4 Å². The Morgan fingerprint density at radius 3 is 2.00 bits per heavy atom. The summed E-state index contributed by atoms with van der Waals surface area (Å²) in [6.07, 6.45) is 12.5. The van der Waals surface area contributed by atoms with Crippen LogP contribution in [0, 0.1) is 0 Å². The Morgan fingerprint density at radius 2 is 1.35 bits per heavy atom. The largest absolute Gasteiger partial charge is 0.288 e. The number of hydrogen-bond donors (Lipinski definition) is 1. The molecule has 2 aliphatic carbocycles. The van der Waals surface area contributed by atoms with E-state index in [0.717, 1.165) is 12.8 Å². The van der Waals surface area contributed by atoms with Crippen molar-refractivity contribution in [3.8, 4) is 0 Å². The van der Waals surface area contributed by atoms with Gasteiger partial charge in [0.1, 0.15) is 0 Å². The summed E-state index contributed by atoms with van der Waals surface area (Å²) in [6.45, 7) is 0. The predicted molar refractivity (Wildman–Crippen MR) is 89.9 cm³/mol. The summed E-state index contributed by atoms with van der Waals surface area (Å²) in [7, 11) is 0. The average molecular weight is 311 g/mol. The quantitative estimate of drug-likeness (QED) is 0.807. The van der Waals surface area contributed by atoms with Gasteiger partial charge in [-0.05, 0) is 54.7 Å². The third-order valence-electron chi connectivity index (χ3n) is 6.04. The molecule has 3 aliphatic rings. The van der Waals surface area contributed by atoms with Gasteiger partial charge in [-0.25, -0.2) is 0 Å². The first kappa shape index (κ1) is 14.9. The molecule has 2 fully saturated rings. The van der Waals surface area contributed by atoms with Crippen LogP contribution in [0.2, 0.25) is 0 Å². The summed E-state index contributed by atoms with van der Waals surface area (Å²) in [5.74, 6) is 0.669. The highest BCUT2D eigenvalue weighted by molar-refractivity contribution is 6.22. The first-order valence-electron chi connectivity index (χ1n) is 9.28. The monoisotopic (exact) mass is 311 g/mol. The standard InChI is InChI=1S/C20H25NO2/c22-19-16-12-11-15(13-7-3-1-4-8-13)17(18(16)20(23)21-19)14-9-5-2-6-10-14/h11-14H,1-10H2,(H,21,22,23). The molecular formula is C20H25NO2. The molecular weight excluding hydrogens is 286 g/mol. The van der Waals surface area contributed by atoms with Crippen molar-refractivity contribution in [2.24, 2.45) is 0 Å². The van der Waals surface area contributed by atoms with Crippen LogP contribution in [0.1, 0.15) is 108 Å². The van der Waals surface area contributed by atoms with Crippen LogP contribution in [0.3, 0.4) is 0 Å². The fourth-order valence-corrected chi connectivity index (χ4v) is 4.90. The second-order valence-electron chi connectivity index (χ2n) is 7.44. The third kappa shape index (κ3) is 2.60. The Morgan fingerprint density at radius 1 is 0.739 bits per heavy atom. The summed E-state index contributed by atoms with van der Waals surface area (Å²) in [5, 5.41) is 2.51. The molecule has 1 heterocycles. The molecule has 1 aliphatic heterocycles. The maximum atomic E-state index is 12.4. The van der Waals surface area contributed by atoms with E-state index in [-0.39, 0.29) is 11.8 Å². The minimum Gasteiger partial charge on any atom is -0.288 e. The normalized spacial score (nSPS) is 23.0. The molecule has 122 valence electrons. The lowest BCUT2D eigenvalue weighted by molar-refractivity contribution is 0.0879. The van der Waals surface area contributed by atoms with E-state index in [2.05, 4.69) is 11.4 Å². The lowest BCUT2D eigenvalue weighted by Crippen LogP contribution is -2.21. The summed E-state index contributed by atoms with van der Waals surface area (Å²) in [5.41, 5.74) is 3.93. The first-order valence-corrected chi connectivity index (χ1v) is 9.28. The van der Waals surface area contributed by atoms with Crippen molar-refractivity contribution >= 4 is 11.8 Å². The lowest BCUT2D eigenvalue weighted by Gasteiger charge is -2.30. The molecule has 0 aromatic heterocycles. The summed E-state index contributed by atoms with van der Waals surface area (Å²) in [4.78, 5) is 24.5. The lowest BCUT2D eigenvalue weighted by atomic mass is 9.73. The highest BCUT2D eigenvalue weighted by Crippen LogP contribution is 2.44. The van der Waals surface area contributed by atoms with Crippen molar-refractivity contribution in [3.63, 3.8) is 0 Å². The molecule has 2 saturated carbocycles. The van der Waals surface area contributed by atoms with Crippen LogP contribution in [0.25, 0.3) is 0 Å². The maximum absolute atomic E-state index is 12.4. The zero-order valence-electron chi connectivity index (χ0n) is 13.7. The Kier molecular flexibility index (Phi) is 3.96. The van der Waals surface area contributed by atoms with Gasteiger partial charge in [0.05, 0.1) is 11.1 Å². The Balaban J connectivity index is 1.83. The van der Waals surface area contributed by atoms with Gasteiger partial charge < -0.3 is 0 Å². The summed E-state index contributed by atoms with van der Waals surface area (Å²) < 4.78 is 0. The Hall–Kier alpha value is -1.64. The van der Waals surface area contributed by atoms with Crippen molar-refractivity contribution in [1.29, 1.82) is 0 Å². The maximum Gasteiger partial charge on any atom is 0.259 e. The highest BCUT2D eigenvalue weighted by atomic mass is 16.2. The van der Waals surface area contributed by atoms with E-state index in [0.29, 0.717) is 23.0 Å². The number of amides is 2. The van der Waals surface area contributed by atoms with Crippen LogP contribution in [-0.2, 0) is 0 Å². The fourth-order valence-electron chi connectivity index (χ4n) is 4.90. The van der Waals surface area contributed by atoms with Crippen molar-refractivity contribution in [2.45, 2.75) is 76.0 Å². The molecule has 0 radical (unpaired) electrons. The van der Waals surface area contributed by atoms with Gasteiger partial charge in [0.25, 0.3) is 11.8 Å². The fraction of sp³-hybridized carbons (Fsp3) is 0.600. The van der Waals surface area contributed by atoms with Gasteiger partial charge in [0.2, 0.25) is 0 Å². The molecule has 0 atom stereocenters. The minimum absolute atomic E-state index is 0.164. The molecule has 0 bridgehead atoms. The van der Waals surface area contributed by atoms with Crippen LogP contribution in [0.5, 0.6) is 0 Å². The van der Waals surface area contributed by atoms with Crippen LogP contribution in [0.15, 0.2) is 12.1 Å². The van der Waals surface area contributed by atoms with E-state index in [1.807, 2.05) is 6.07 Å². The average Bonchev–Trinajstić information content (AvgIpc) is 2.90. The van der Waals surface area contributed by atoms with Crippen LogP contribution < -0.4 is 5.32 Å². The first-order chi connectivity index (χ1) is 11.3. The predicted octanol–water partition coefficient (Wildman–Crippen LogP) is 4.67. The summed E-state index contributed by atoms with van der Waals surface area (Å²) in [6, 6.07) is 4.06. The minimum atomic E-state index is -0.211. The van der Waals surface area contributed by atoms with Crippen LogP contribution >= 0.6 is 0 Å². The number of nitrogens with one attached hydrogen (secondary N) is 1. The van der Waals surface area contributed by atoms with Gasteiger partial charge >= 0.3 is 0 Å². The zero-order chi connectivity index (χ0) is 15.8. The number of carbonyl (C=O) groups excluding carboxylic acids is 2. The topological polar surface area (TPSA) is 46.2 Å². The molecule has 1 aromatic rings. The van der Waals surface area contributed by atoms with E-state index in [4.69, 9.17) is 0 Å². The van der Waals surface area contributed by atoms with Gasteiger partial charge in [0, 0.05) is 0 Å². The summed E-state index contributed by atoms with van der Waals surface area (Å²) >= 11 is 0. The van der Waals surface area contributed by atoms with Crippen LogP contribution in [0.4, 0.5) is 0 Å². The number of rotatable bonds is 2. The molecule has 4 rings (SSSR count). The van der Waals surface area contributed by atoms with E-state index in [9.17, 15) is 9.59 Å². The van der Waals surface area contributed by atoms with Crippen LogP contribution in [-0.4, -0.2) is 11.8 Å². The number of benzene rings is 1. The molecule has 3 heteroatoms. The molecule has 23 heavy (non-hydrogen) atoms. The smallest absolute Gasteiger partial charge is 0.259 e. The Bertz CT molecular complexity index is 637. The number of carbonyl (C=O) groups is 2. The van der Waals surface area contributed by atoms with Gasteiger partial charge in [-0.1, -0.05) is 44.6 Å². The van der Waals surface area contributed by atoms with Gasteiger partial charge in [-0.2, -0.15) is 0 Å². The molecule has 1 aromatic carbocycles. The zero-order valence-corrected chi connectivity index (χ0v) is 13.7. The molecule has 0 saturated heterocycles.